The summed E-state index contributed by atoms with van der Waals surface area (Å²) in [4.78, 5) is 15.2. The molecule has 0 spiro atoms. The van der Waals surface area contributed by atoms with E-state index in [2.05, 4.69) is 37.3 Å². The van der Waals surface area contributed by atoms with Crippen LogP contribution in [-0.4, -0.2) is 11.1 Å². The number of rotatable bonds is 6. The fraction of sp³-hybridized carbons (Fsp3) is 0.115. The summed E-state index contributed by atoms with van der Waals surface area (Å²) in [6.07, 6.45) is 1.86. The number of nitrogens with zero attached hydrogens (tertiary/aromatic N) is 2. The first-order valence-electron chi connectivity index (χ1n) is 10.0. The lowest BCUT2D eigenvalue weighted by molar-refractivity contribution is -0.384. The molecule has 31 heavy (non-hydrogen) atoms. The molecular weight excluding hydrogens is 388 g/mol. The van der Waals surface area contributed by atoms with Crippen molar-refractivity contribution in [2.75, 3.05) is 0 Å². The second-order valence-corrected chi connectivity index (χ2v) is 7.46. The highest BCUT2D eigenvalue weighted by Gasteiger charge is 2.09. The lowest BCUT2D eigenvalue weighted by Crippen LogP contribution is -1.99. The Morgan fingerprint density at radius 2 is 1.74 bits per heavy atom. The molecule has 0 atom stereocenters. The van der Waals surface area contributed by atoms with Crippen molar-refractivity contribution in [2.24, 2.45) is 4.99 Å². The van der Waals surface area contributed by atoms with E-state index in [1.807, 2.05) is 37.4 Å². The van der Waals surface area contributed by atoms with E-state index in [-0.39, 0.29) is 5.69 Å². The number of non-ortho nitro benzene ring substituents is 1. The average Bonchev–Trinajstić information content (AvgIpc) is 2.78. The summed E-state index contributed by atoms with van der Waals surface area (Å²) in [7, 11) is 0. The fourth-order valence-corrected chi connectivity index (χ4v) is 3.40. The van der Waals surface area contributed by atoms with Crippen LogP contribution in [0.2, 0.25) is 0 Å². The monoisotopic (exact) mass is 410 g/mol. The predicted molar refractivity (Wildman–Crippen MR) is 125 cm³/mol. The zero-order valence-corrected chi connectivity index (χ0v) is 17.4. The molecule has 0 aliphatic carbocycles. The smallest absolute Gasteiger partial charge is 0.269 e. The van der Waals surface area contributed by atoms with E-state index in [1.54, 1.807) is 12.1 Å². The molecule has 0 fully saturated rings. The summed E-state index contributed by atoms with van der Waals surface area (Å²) in [5.74, 6) is 0.714. The molecule has 5 nitrogen and oxygen atoms in total. The highest BCUT2D eigenvalue weighted by molar-refractivity contribution is 6.03. The van der Waals surface area contributed by atoms with Gasteiger partial charge >= 0.3 is 0 Å². The minimum Gasteiger partial charge on any atom is -0.488 e. The second kappa shape index (κ2) is 8.79. The van der Waals surface area contributed by atoms with Gasteiger partial charge in [0.15, 0.2) is 0 Å². The summed E-state index contributed by atoms with van der Waals surface area (Å²) in [6, 6.07) is 24.7. The summed E-state index contributed by atoms with van der Waals surface area (Å²) < 4.78 is 6.11. The Labute approximate surface area is 180 Å². The van der Waals surface area contributed by atoms with Gasteiger partial charge < -0.3 is 4.74 Å². The number of ether oxygens (including phenoxy) is 1. The fourth-order valence-electron chi connectivity index (χ4n) is 3.40. The Hall–Kier alpha value is -3.99. The van der Waals surface area contributed by atoms with Crippen LogP contribution in [0, 0.1) is 24.0 Å². The van der Waals surface area contributed by atoms with Gasteiger partial charge in [0, 0.05) is 23.9 Å². The number of aryl methyl sites for hydroxylation is 2. The van der Waals surface area contributed by atoms with Gasteiger partial charge in [-0.25, -0.2) is 0 Å². The maximum absolute atomic E-state index is 10.9. The molecule has 0 radical (unpaired) electrons. The average molecular weight is 410 g/mol. The van der Waals surface area contributed by atoms with E-state index in [0.717, 1.165) is 38.7 Å². The molecule has 4 aromatic rings. The van der Waals surface area contributed by atoms with Gasteiger partial charge in [-0.1, -0.05) is 42.5 Å². The molecule has 0 saturated heterocycles. The van der Waals surface area contributed by atoms with E-state index in [1.165, 1.54) is 12.1 Å². The van der Waals surface area contributed by atoms with Gasteiger partial charge in [-0.15, -0.1) is 0 Å². The molecule has 0 aliphatic rings. The van der Waals surface area contributed by atoms with Crippen LogP contribution in [0.25, 0.3) is 10.8 Å². The Morgan fingerprint density at radius 1 is 0.968 bits per heavy atom. The molecular formula is C26H22N2O3. The lowest BCUT2D eigenvalue weighted by atomic mass is 10.0. The highest BCUT2D eigenvalue weighted by Crippen LogP contribution is 2.29. The molecule has 5 heteroatoms. The Balaban J connectivity index is 1.67. The van der Waals surface area contributed by atoms with Gasteiger partial charge in [0.1, 0.15) is 12.4 Å². The van der Waals surface area contributed by atoms with Crippen molar-refractivity contribution in [2.45, 2.75) is 20.5 Å². The number of fused-ring (bicyclic) bond motifs is 1. The van der Waals surface area contributed by atoms with Crippen molar-refractivity contribution in [3.63, 3.8) is 0 Å². The third kappa shape index (κ3) is 4.61. The highest BCUT2D eigenvalue weighted by atomic mass is 16.6. The Kier molecular flexibility index (Phi) is 5.76. The Morgan fingerprint density at radius 3 is 2.52 bits per heavy atom. The van der Waals surface area contributed by atoms with Crippen LogP contribution in [0.1, 0.15) is 22.3 Å². The van der Waals surface area contributed by atoms with E-state index in [4.69, 9.17) is 9.73 Å². The van der Waals surface area contributed by atoms with Crippen LogP contribution in [0.3, 0.4) is 0 Å². The molecule has 4 aromatic carbocycles. The minimum absolute atomic E-state index is 0.0656. The van der Waals surface area contributed by atoms with Crippen molar-refractivity contribution in [1.82, 2.24) is 0 Å². The van der Waals surface area contributed by atoms with Gasteiger partial charge in [0.25, 0.3) is 5.69 Å². The summed E-state index contributed by atoms with van der Waals surface area (Å²) in [6.45, 7) is 4.40. The maximum atomic E-state index is 10.9. The first-order chi connectivity index (χ1) is 15.0. The molecule has 0 saturated carbocycles. The van der Waals surface area contributed by atoms with Crippen molar-refractivity contribution >= 4 is 28.4 Å². The van der Waals surface area contributed by atoms with Crippen molar-refractivity contribution in [3.05, 3.63) is 111 Å². The molecule has 0 heterocycles. The number of nitro groups is 1. The van der Waals surface area contributed by atoms with Crippen LogP contribution in [0.4, 0.5) is 11.4 Å². The normalized spacial score (nSPS) is 11.2. The SMILES string of the molecule is Cc1ccc(C)c(N=Cc2c(OCc3ccc([N+](=O)[O-])cc3)ccc3ccccc23)c1. The van der Waals surface area contributed by atoms with Crippen LogP contribution < -0.4 is 4.74 Å². The van der Waals surface area contributed by atoms with E-state index in [0.29, 0.717) is 12.4 Å². The molecule has 0 N–H and O–H groups in total. The molecule has 0 amide bonds. The number of benzene rings is 4. The standard InChI is InChI=1S/C26H22N2O3/c1-18-7-8-19(2)25(15-18)27-16-24-23-6-4-3-5-21(23)11-14-26(24)31-17-20-9-12-22(13-10-20)28(29)30/h3-16H,17H2,1-2H3. The second-order valence-electron chi connectivity index (χ2n) is 7.46. The topological polar surface area (TPSA) is 64.7 Å². The van der Waals surface area contributed by atoms with Gasteiger partial charge in [-0.05, 0) is 65.6 Å². The van der Waals surface area contributed by atoms with Gasteiger partial charge in [0.05, 0.1) is 10.6 Å². The first-order valence-corrected chi connectivity index (χ1v) is 10.0. The van der Waals surface area contributed by atoms with Crippen molar-refractivity contribution in [1.29, 1.82) is 0 Å². The van der Waals surface area contributed by atoms with Gasteiger partial charge in [-0.3, -0.25) is 15.1 Å². The van der Waals surface area contributed by atoms with Crippen molar-refractivity contribution < 1.29 is 9.66 Å². The zero-order chi connectivity index (χ0) is 21.8. The number of hydrogen-bond donors (Lipinski definition) is 0. The molecule has 4 rings (SSSR count). The van der Waals surface area contributed by atoms with E-state index < -0.39 is 4.92 Å². The minimum atomic E-state index is -0.407. The predicted octanol–water partition coefficient (Wildman–Crippen LogP) is 6.69. The molecule has 0 aromatic heterocycles. The number of hydrogen-bond acceptors (Lipinski definition) is 4. The quantitative estimate of drug-likeness (QED) is 0.202. The first kappa shape index (κ1) is 20.3. The zero-order valence-electron chi connectivity index (χ0n) is 17.4. The van der Waals surface area contributed by atoms with E-state index >= 15 is 0 Å². The Bertz CT molecular complexity index is 1280. The molecule has 154 valence electrons. The summed E-state index contributed by atoms with van der Waals surface area (Å²) >= 11 is 0. The van der Waals surface area contributed by atoms with Crippen LogP contribution in [0.5, 0.6) is 5.75 Å². The third-order valence-corrected chi connectivity index (χ3v) is 5.17. The number of nitro benzene ring substituents is 1. The van der Waals surface area contributed by atoms with Gasteiger partial charge in [0.2, 0.25) is 0 Å². The summed E-state index contributed by atoms with van der Waals surface area (Å²) in [5.41, 5.74) is 5.02. The molecule has 0 bridgehead atoms. The largest absolute Gasteiger partial charge is 0.488 e. The van der Waals surface area contributed by atoms with E-state index in [9.17, 15) is 10.1 Å². The number of aliphatic imine (C=N–C) groups is 1. The van der Waals surface area contributed by atoms with Crippen LogP contribution in [0.15, 0.2) is 83.9 Å². The van der Waals surface area contributed by atoms with Crippen LogP contribution >= 0.6 is 0 Å². The van der Waals surface area contributed by atoms with Crippen LogP contribution in [-0.2, 0) is 6.61 Å². The lowest BCUT2D eigenvalue weighted by Gasteiger charge is -2.12. The molecule has 0 aliphatic heterocycles. The molecule has 0 unspecified atom stereocenters. The van der Waals surface area contributed by atoms with Gasteiger partial charge in [-0.2, -0.15) is 0 Å². The maximum Gasteiger partial charge on any atom is 0.269 e. The summed E-state index contributed by atoms with van der Waals surface area (Å²) in [5, 5.41) is 13.0. The third-order valence-electron chi connectivity index (χ3n) is 5.17. The van der Waals surface area contributed by atoms with Crippen molar-refractivity contribution in [3.8, 4) is 5.75 Å².